The van der Waals surface area contributed by atoms with Gasteiger partial charge in [-0.15, -0.1) is 0 Å². The molecular weight excluding hydrogens is 396 g/mol. The molecule has 0 saturated heterocycles. The summed E-state index contributed by atoms with van der Waals surface area (Å²) in [6.45, 7) is 13.3. The second kappa shape index (κ2) is 15.8. The summed E-state index contributed by atoms with van der Waals surface area (Å²) in [6.07, 6.45) is 2.30. The van der Waals surface area contributed by atoms with Crippen molar-refractivity contribution in [2.45, 2.75) is 24.9 Å². The molecule has 4 unspecified atom stereocenters. The van der Waals surface area contributed by atoms with Gasteiger partial charge in [-0.25, -0.2) is 0 Å². The summed E-state index contributed by atoms with van der Waals surface area (Å²) in [5, 5.41) is 37.8. The summed E-state index contributed by atoms with van der Waals surface area (Å²) in [6, 6.07) is 0. The van der Waals surface area contributed by atoms with Gasteiger partial charge in [-0.1, -0.05) is 26.3 Å². The van der Waals surface area contributed by atoms with E-state index >= 15 is 0 Å². The second-order valence-electron chi connectivity index (χ2n) is 3.70. The van der Waals surface area contributed by atoms with E-state index in [1.807, 2.05) is 0 Å². The van der Waals surface area contributed by atoms with Crippen LogP contribution in [0.25, 0.3) is 0 Å². The number of aliphatic hydroxyl groups is 4. The van der Waals surface area contributed by atoms with E-state index in [4.69, 9.17) is 34.7 Å². The zero-order valence-corrected chi connectivity index (χ0v) is 14.4. The molecule has 0 aromatic heterocycles. The minimum atomic E-state index is -6.02. The van der Waals surface area contributed by atoms with Gasteiger partial charge in [0.25, 0.3) is 0 Å². The van der Waals surface area contributed by atoms with Crippen LogP contribution in [0, 0.1) is 0 Å². The summed E-state index contributed by atoms with van der Waals surface area (Å²) in [7, 11) is 0. The monoisotopic (exact) mass is 422 g/mol. The van der Waals surface area contributed by atoms with Crippen LogP contribution in [0.3, 0.4) is 0 Å². The summed E-state index contributed by atoms with van der Waals surface area (Å²) in [4.78, 5) is 0. The molecule has 0 aromatic carbocycles. The van der Waals surface area contributed by atoms with Gasteiger partial charge < -0.3 is 20.4 Å². The first kappa shape index (κ1) is 26.8. The Bertz CT molecular complexity index is 382. The maximum absolute atomic E-state index is 8.78. The molecule has 0 bridgehead atoms. The molecule has 0 saturated carbocycles. The van der Waals surface area contributed by atoms with E-state index in [-0.39, 0.29) is 0 Å². The van der Waals surface area contributed by atoms with Gasteiger partial charge in [0.1, 0.15) is 0 Å². The molecule has 0 aromatic rings. The molecule has 0 radical (unpaired) electrons. The van der Waals surface area contributed by atoms with E-state index in [1.54, 1.807) is 0 Å². The SMILES string of the molecule is C=CC(O)[NH2+]C(O)C=C.C=CC(O)[NH2+]C(O)C=C.[O]=[Mo](=[O])([O-])[O-]. The minimum absolute atomic E-state index is 0.752. The van der Waals surface area contributed by atoms with Crippen LogP contribution in [-0.2, 0) is 23.5 Å². The molecule has 0 rings (SSSR count). The van der Waals surface area contributed by atoms with Gasteiger partial charge in [-0.3, -0.25) is 10.6 Å². The van der Waals surface area contributed by atoms with E-state index < -0.39 is 41.7 Å². The van der Waals surface area contributed by atoms with Crippen molar-refractivity contribution in [3.63, 3.8) is 0 Å². The average molecular weight is 420 g/mol. The standard InChI is InChI=1S/2C6H11NO2.Mo.4O/c2*1-3-5(8)7-6(9)4-2;;;;;/h2*3-9H,1-2H2;;;;;/q;;;;;2*-1/p+2. The fourth-order valence-corrected chi connectivity index (χ4v) is 0.718. The Hall–Kier alpha value is -1.07. The van der Waals surface area contributed by atoms with Gasteiger partial charge in [0.15, 0.2) is 0 Å². The van der Waals surface area contributed by atoms with E-state index in [0.29, 0.717) is 0 Å². The molecule has 23 heavy (non-hydrogen) atoms. The summed E-state index contributed by atoms with van der Waals surface area (Å²) in [5.74, 6) is 0. The molecule has 0 aliphatic carbocycles. The number of rotatable bonds is 8. The second-order valence-corrected chi connectivity index (χ2v) is 5.71. The van der Waals surface area contributed by atoms with E-state index in [2.05, 4.69) is 26.3 Å². The van der Waals surface area contributed by atoms with Crippen molar-refractivity contribution in [3.05, 3.63) is 50.6 Å². The molecule has 8 N–H and O–H groups in total. The number of hydrogen-bond donors (Lipinski definition) is 6. The van der Waals surface area contributed by atoms with E-state index in [0.717, 1.165) is 0 Å². The van der Waals surface area contributed by atoms with Crippen LogP contribution >= 0.6 is 0 Å². The number of aliphatic hydroxyl groups excluding tert-OH is 4. The molecule has 10 nitrogen and oxygen atoms in total. The van der Waals surface area contributed by atoms with Crippen molar-refractivity contribution >= 4 is 0 Å². The average Bonchev–Trinajstić information content (AvgIpc) is 2.45. The van der Waals surface area contributed by atoms with Crippen molar-refractivity contribution in [2.75, 3.05) is 0 Å². The van der Waals surface area contributed by atoms with Crippen LogP contribution in [0.5, 0.6) is 0 Å². The fraction of sp³-hybridized carbons (Fsp3) is 0.333. The predicted molar refractivity (Wildman–Crippen MR) is 70.0 cm³/mol. The zero-order chi connectivity index (χ0) is 19.1. The Kier molecular flexibility index (Phi) is 18.4. The van der Waals surface area contributed by atoms with Crippen molar-refractivity contribution < 1.29 is 62.1 Å². The normalized spacial score (nSPS) is 15.2. The molecule has 0 heterocycles. The Balaban J connectivity index is -0.000000273. The van der Waals surface area contributed by atoms with Gasteiger partial charge in [0.05, 0.1) is 0 Å². The van der Waals surface area contributed by atoms with Crippen LogP contribution in [-0.4, -0.2) is 45.3 Å². The number of quaternary nitrogens is 2. The Morgan fingerprint density at radius 2 is 0.826 bits per heavy atom. The molecule has 136 valence electrons. The third-order valence-electron chi connectivity index (χ3n) is 1.75. The van der Waals surface area contributed by atoms with E-state index in [9.17, 15) is 0 Å². The Morgan fingerprint density at radius 3 is 0.913 bits per heavy atom. The molecular formula is C12H24MoN2O8. The van der Waals surface area contributed by atoms with Gasteiger partial charge in [0, 0.05) is 0 Å². The number of hydrogen-bond acceptors (Lipinski definition) is 8. The third kappa shape index (κ3) is 33.6. The molecule has 0 fully saturated rings. The topological polar surface area (TPSA) is 194 Å². The van der Waals surface area contributed by atoms with Gasteiger partial charge in [0.2, 0.25) is 24.9 Å². The van der Waals surface area contributed by atoms with Crippen molar-refractivity contribution in [1.82, 2.24) is 0 Å². The van der Waals surface area contributed by atoms with Crippen LogP contribution < -0.4 is 18.2 Å². The fourth-order valence-electron chi connectivity index (χ4n) is 0.718. The van der Waals surface area contributed by atoms with Crippen LogP contribution in [0.1, 0.15) is 0 Å². The molecule has 0 aliphatic heterocycles. The summed E-state index contributed by atoms with van der Waals surface area (Å²) < 4.78 is 34.5. The summed E-state index contributed by atoms with van der Waals surface area (Å²) in [5.41, 5.74) is 0. The first-order chi connectivity index (χ1) is 10.4. The molecule has 0 aliphatic rings. The van der Waals surface area contributed by atoms with Crippen LogP contribution in [0.15, 0.2) is 50.6 Å². The van der Waals surface area contributed by atoms with Crippen molar-refractivity contribution in [2.24, 2.45) is 0 Å². The molecule has 0 amide bonds. The Morgan fingerprint density at radius 1 is 0.696 bits per heavy atom. The van der Waals surface area contributed by atoms with Crippen molar-refractivity contribution in [1.29, 1.82) is 0 Å². The van der Waals surface area contributed by atoms with Crippen LogP contribution in [0.2, 0.25) is 0 Å². The first-order valence-corrected chi connectivity index (χ1v) is 9.28. The third-order valence-corrected chi connectivity index (χ3v) is 1.75. The summed E-state index contributed by atoms with van der Waals surface area (Å²) >= 11 is -6.02. The van der Waals surface area contributed by atoms with Gasteiger partial charge in [-0.05, 0) is 24.3 Å². The Labute approximate surface area is 138 Å². The van der Waals surface area contributed by atoms with Crippen LogP contribution in [0.4, 0.5) is 0 Å². The van der Waals surface area contributed by atoms with Gasteiger partial charge >= 0.3 is 31.1 Å². The first-order valence-electron chi connectivity index (χ1n) is 6.00. The maximum atomic E-state index is 8.78. The molecule has 0 spiro atoms. The number of nitrogens with two attached hydrogens (primary N) is 2. The van der Waals surface area contributed by atoms with Gasteiger partial charge in [-0.2, -0.15) is 0 Å². The predicted octanol–water partition coefficient (Wildman–Crippen LogP) is -5.50. The van der Waals surface area contributed by atoms with E-state index in [1.165, 1.54) is 34.9 Å². The van der Waals surface area contributed by atoms with Crippen molar-refractivity contribution in [3.8, 4) is 0 Å². The molecule has 4 atom stereocenters. The quantitative estimate of drug-likeness (QED) is 0.127. The zero-order valence-electron chi connectivity index (χ0n) is 12.4. The molecule has 11 heteroatoms.